The number of halogens is 2. The molecule has 0 radical (unpaired) electrons. The lowest BCUT2D eigenvalue weighted by molar-refractivity contribution is 0.0691. The number of nitrogens with zero attached hydrogens (tertiary/aromatic N) is 1. The Hall–Kier alpha value is -1.69. The van der Waals surface area contributed by atoms with Gasteiger partial charge in [0, 0.05) is 10.0 Å². The maximum Gasteiger partial charge on any atom is 0.358 e. The highest BCUT2D eigenvalue weighted by Gasteiger charge is 2.19. The number of aromatic nitrogens is 1. The summed E-state index contributed by atoms with van der Waals surface area (Å²) < 4.78 is 18.5. The Morgan fingerprint density at radius 2 is 2.25 bits per heavy atom. The van der Waals surface area contributed by atoms with E-state index in [1.807, 2.05) is 0 Å². The third-order valence-electron chi connectivity index (χ3n) is 1.94. The molecule has 1 aromatic heterocycles. The van der Waals surface area contributed by atoms with E-state index < -0.39 is 11.8 Å². The van der Waals surface area contributed by atoms with Crippen LogP contribution in [-0.2, 0) is 0 Å². The number of carbonyl (C=O) groups is 1. The van der Waals surface area contributed by atoms with Gasteiger partial charge >= 0.3 is 5.97 Å². The first-order valence-electron chi connectivity index (χ1n) is 4.22. The fourth-order valence-electron chi connectivity index (χ4n) is 1.26. The van der Waals surface area contributed by atoms with Crippen molar-refractivity contribution in [2.45, 2.75) is 0 Å². The van der Waals surface area contributed by atoms with Crippen LogP contribution in [0.15, 0.2) is 33.5 Å². The quantitative estimate of drug-likeness (QED) is 0.921. The molecule has 0 atom stereocenters. The Kier molecular flexibility index (Phi) is 2.74. The average Bonchev–Trinajstić information content (AvgIpc) is 2.70. The highest BCUT2D eigenvalue weighted by atomic mass is 79.9. The molecule has 6 heteroatoms. The Labute approximate surface area is 97.9 Å². The summed E-state index contributed by atoms with van der Waals surface area (Å²) >= 11 is 3.19. The molecule has 0 aliphatic heterocycles. The van der Waals surface area contributed by atoms with Crippen LogP contribution < -0.4 is 0 Å². The molecule has 0 fully saturated rings. The number of aromatic carboxylic acids is 1. The minimum Gasteiger partial charge on any atom is -0.476 e. The molecule has 2 aromatic rings. The molecule has 1 heterocycles. The molecule has 16 heavy (non-hydrogen) atoms. The molecule has 2 rings (SSSR count). The van der Waals surface area contributed by atoms with Gasteiger partial charge in [0.2, 0.25) is 0 Å². The molecule has 4 nitrogen and oxygen atoms in total. The SMILES string of the molecule is O=C(O)c1ncoc1-c1cc(F)ccc1Br. The fourth-order valence-corrected chi connectivity index (χ4v) is 1.69. The maximum absolute atomic E-state index is 13.0. The highest BCUT2D eigenvalue weighted by Crippen LogP contribution is 2.31. The van der Waals surface area contributed by atoms with Gasteiger partial charge in [0.05, 0.1) is 0 Å². The second-order valence-electron chi connectivity index (χ2n) is 2.96. The molecule has 0 amide bonds. The number of hydrogen-bond donors (Lipinski definition) is 1. The van der Waals surface area contributed by atoms with E-state index in [0.29, 0.717) is 10.0 Å². The highest BCUT2D eigenvalue weighted by molar-refractivity contribution is 9.10. The van der Waals surface area contributed by atoms with E-state index in [4.69, 9.17) is 9.52 Å². The van der Waals surface area contributed by atoms with Crippen LogP contribution in [-0.4, -0.2) is 16.1 Å². The molecule has 0 spiro atoms. The van der Waals surface area contributed by atoms with Crippen molar-refractivity contribution in [1.29, 1.82) is 0 Å². The standard InChI is InChI=1S/C10H5BrFNO3/c11-7-2-1-5(12)3-6(7)9-8(10(14)15)13-4-16-9/h1-4H,(H,14,15). The third-order valence-corrected chi connectivity index (χ3v) is 2.63. The predicted molar refractivity (Wildman–Crippen MR) is 56.6 cm³/mol. The predicted octanol–water partition coefficient (Wildman–Crippen LogP) is 2.94. The van der Waals surface area contributed by atoms with E-state index in [-0.39, 0.29) is 11.5 Å². The van der Waals surface area contributed by atoms with E-state index in [1.165, 1.54) is 18.2 Å². The van der Waals surface area contributed by atoms with Crippen LogP contribution in [0.25, 0.3) is 11.3 Å². The number of oxazole rings is 1. The fraction of sp³-hybridized carbons (Fsp3) is 0. The molecule has 82 valence electrons. The Morgan fingerprint density at radius 1 is 1.50 bits per heavy atom. The lowest BCUT2D eigenvalue weighted by atomic mass is 10.1. The summed E-state index contributed by atoms with van der Waals surface area (Å²) in [6, 6.07) is 3.90. The van der Waals surface area contributed by atoms with Crippen LogP contribution in [0.2, 0.25) is 0 Å². The summed E-state index contributed by atoms with van der Waals surface area (Å²) in [5, 5.41) is 8.84. The maximum atomic E-state index is 13.0. The van der Waals surface area contributed by atoms with Crippen LogP contribution >= 0.6 is 15.9 Å². The second kappa shape index (κ2) is 4.05. The van der Waals surface area contributed by atoms with Gasteiger partial charge in [0.25, 0.3) is 0 Å². The molecule has 0 saturated heterocycles. The molecule has 0 unspecified atom stereocenters. The van der Waals surface area contributed by atoms with Gasteiger partial charge in [0.1, 0.15) is 5.82 Å². The Balaban J connectivity index is 2.62. The van der Waals surface area contributed by atoms with Crippen LogP contribution in [0.4, 0.5) is 4.39 Å². The first-order chi connectivity index (χ1) is 7.59. The molecule has 0 bridgehead atoms. The number of benzene rings is 1. The van der Waals surface area contributed by atoms with E-state index in [2.05, 4.69) is 20.9 Å². The summed E-state index contributed by atoms with van der Waals surface area (Å²) in [6.07, 6.45) is 1.01. The Bertz CT molecular complexity index is 553. The molecule has 1 aromatic carbocycles. The summed E-state index contributed by atoms with van der Waals surface area (Å²) in [5.41, 5.74) is 0.0706. The van der Waals surface area contributed by atoms with Gasteiger partial charge in [-0.25, -0.2) is 14.2 Å². The molecule has 1 N–H and O–H groups in total. The lowest BCUT2D eigenvalue weighted by Crippen LogP contribution is -1.99. The zero-order chi connectivity index (χ0) is 11.7. The zero-order valence-electron chi connectivity index (χ0n) is 7.78. The van der Waals surface area contributed by atoms with Gasteiger partial charge in [-0.2, -0.15) is 0 Å². The summed E-state index contributed by atoms with van der Waals surface area (Å²) in [7, 11) is 0. The van der Waals surface area contributed by atoms with E-state index >= 15 is 0 Å². The number of hydrogen-bond acceptors (Lipinski definition) is 3. The van der Waals surface area contributed by atoms with Crippen LogP contribution in [0.1, 0.15) is 10.5 Å². The molecular weight excluding hydrogens is 281 g/mol. The van der Waals surface area contributed by atoms with Gasteiger partial charge < -0.3 is 9.52 Å². The second-order valence-corrected chi connectivity index (χ2v) is 3.81. The summed E-state index contributed by atoms with van der Waals surface area (Å²) in [5.74, 6) is -1.68. The number of carboxylic acid groups (broad SMARTS) is 1. The van der Waals surface area contributed by atoms with Crippen molar-refractivity contribution in [2.24, 2.45) is 0 Å². The van der Waals surface area contributed by atoms with Crippen LogP contribution in [0.5, 0.6) is 0 Å². The molecule has 0 aliphatic rings. The number of carboxylic acids is 1. The third kappa shape index (κ3) is 1.83. The monoisotopic (exact) mass is 285 g/mol. The minimum atomic E-state index is -1.22. The van der Waals surface area contributed by atoms with Gasteiger partial charge in [-0.15, -0.1) is 0 Å². The smallest absolute Gasteiger partial charge is 0.358 e. The van der Waals surface area contributed by atoms with Crippen molar-refractivity contribution in [3.8, 4) is 11.3 Å². The van der Waals surface area contributed by atoms with Crippen molar-refractivity contribution >= 4 is 21.9 Å². The van der Waals surface area contributed by atoms with E-state index in [1.54, 1.807) is 0 Å². The van der Waals surface area contributed by atoms with Crippen LogP contribution in [0.3, 0.4) is 0 Å². The molecule has 0 saturated carbocycles. The zero-order valence-corrected chi connectivity index (χ0v) is 9.36. The van der Waals surface area contributed by atoms with E-state index in [9.17, 15) is 9.18 Å². The molecule has 0 aliphatic carbocycles. The van der Waals surface area contributed by atoms with E-state index in [0.717, 1.165) is 6.39 Å². The van der Waals surface area contributed by atoms with Crippen LogP contribution in [0, 0.1) is 5.82 Å². The van der Waals surface area contributed by atoms with Crippen molar-refractivity contribution in [2.75, 3.05) is 0 Å². The minimum absolute atomic E-state index is 0.0267. The van der Waals surface area contributed by atoms with Crippen molar-refractivity contribution in [3.63, 3.8) is 0 Å². The average molecular weight is 286 g/mol. The van der Waals surface area contributed by atoms with Crippen molar-refractivity contribution in [3.05, 3.63) is 40.6 Å². The van der Waals surface area contributed by atoms with Gasteiger partial charge in [-0.3, -0.25) is 0 Å². The van der Waals surface area contributed by atoms with Crippen molar-refractivity contribution < 1.29 is 18.7 Å². The number of rotatable bonds is 2. The lowest BCUT2D eigenvalue weighted by Gasteiger charge is -2.01. The Morgan fingerprint density at radius 3 is 2.94 bits per heavy atom. The summed E-state index contributed by atoms with van der Waals surface area (Å²) in [4.78, 5) is 14.4. The summed E-state index contributed by atoms with van der Waals surface area (Å²) in [6.45, 7) is 0. The first-order valence-corrected chi connectivity index (χ1v) is 5.01. The van der Waals surface area contributed by atoms with Gasteiger partial charge in [-0.1, -0.05) is 15.9 Å². The van der Waals surface area contributed by atoms with Crippen molar-refractivity contribution in [1.82, 2.24) is 4.98 Å². The largest absolute Gasteiger partial charge is 0.476 e. The normalized spacial score (nSPS) is 10.4. The van der Waals surface area contributed by atoms with Gasteiger partial charge in [-0.05, 0) is 18.2 Å². The topological polar surface area (TPSA) is 63.3 Å². The molecular formula is C10H5BrFNO3. The first kappa shape index (κ1) is 10.8. The van der Waals surface area contributed by atoms with Gasteiger partial charge in [0.15, 0.2) is 17.8 Å².